The first-order valence-electron chi connectivity index (χ1n) is 7.52. The second kappa shape index (κ2) is 7.29. The van der Waals surface area contributed by atoms with Crippen molar-refractivity contribution < 1.29 is 17.9 Å². The summed E-state index contributed by atoms with van der Waals surface area (Å²) in [6, 6.07) is 5.43. The Balaban J connectivity index is 2.04. The van der Waals surface area contributed by atoms with Crippen molar-refractivity contribution in [2.45, 2.75) is 30.8 Å². The first-order valence-corrected chi connectivity index (χ1v) is 9.00. The molecule has 128 valence electrons. The Morgan fingerprint density at radius 3 is 2.61 bits per heavy atom. The maximum atomic E-state index is 12.4. The summed E-state index contributed by atoms with van der Waals surface area (Å²) in [6.07, 6.45) is 0. The Hall–Kier alpha value is -1.64. The predicted octanol–water partition coefficient (Wildman–Crippen LogP) is 0.182. The molecule has 0 aromatic heterocycles. The van der Waals surface area contributed by atoms with Crippen molar-refractivity contribution in [2.24, 2.45) is 0 Å². The summed E-state index contributed by atoms with van der Waals surface area (Å²) in [7, 11) is -2.24. The number of rotatable bonds is 5. The predicted molar refractivity (Wildman–Crippen MR) is 86.8 cm³/mol. The van der Waals surface area contributed by atoms with Crippen LogP contribution in [0.2, 0.25) is 0 Å². The number of carbonyl (C=O) groups excluding carboxylic acids is 1. The monoisotopic (exact) mass is 341 g/mol. The van der Waals surface area contributed by atoms with Gasteiger partial charge in [0.05, 0.1) is 18.0 Å². The zero-order valence-electron chi connectivity index (χ0n) is 13.6. The fourth-order valence-corrected chi connectivity index (χ4v) is 3.71. The van der Waals surface area contributed by atoms with E-state index >= 15 is 0 Å². The lowest BCUT2D eigenvalue weighted by molar-refractivity contribution is -0.133. The van der Waals surface area contributed by atoms with Gasteiger partial charge in [0.25, 0.3) is 0 Å². The van der Waals surface area contributed by atoms with Crippen molar-refractivity contribution in [1.29, 1.82) is 0 Å². The molecule has 1 heterocycles. The normalized spacial score (nSPS) is 20.1. The summed E-state index contributed by atoms with van der Waals surface area (Å²) in [5, 5.41) is 3.25. The SMILES string of the molecule is COc1ccc(S(=O)(=O)N[C@@H](C)C(=O)N2CCN[C@H](C)C2)cc1. The van der Waals surface area contributed by atoms with Gasteiger partial charge >= 0.3 is 0 Å². The quantitative estimate of drug-likeness (QED) is 0.798. The summed E-state index contributed by atoms with van der Waals surface area (Å²) in [5.41, 5.74) is 0. The number of hydrogen-bond donors (Lipinski definition) is 2. The van der Waals surface area contributed by atoms with Crippen LogP contribution in [0.5, 0.6) is 5.75 Å². The number of nitrogens with one attached hydrogen (secondary N) is 2. The zero-order valence-corrected chi connectivity index (χ0v) is 14.4. The van der Waals surface area contributed by atoms with Gasteiger partial charge in [0.1, 0.15) is 5.75 Å². The standard InChI is InChI=1S/C15H23N3O4S/c1-11-10-18(9-8-16-11)15(19)12(2)17-23(20,21)14-6-4-13(22-3)5-7-14/h4-7,11-12,16-17H,8-10H2,1-3H3/t11-,12+/m1/s1. The van der Waals surface area contributed by atoms with Gasteiger partial charge in [-0.3, -0.25) is 4.79 Å². The highest BCUT2D eigenvalue weighted by Crippen LogP contribution is 2.16. The topological polar surface area (TPSA) is 87.7 Å². The van der Waals surface area contributed by atoms with Crippen molar-refractivity contribution in [3.8, 4) is 5.75 Å². The van der Waals surface area contributed by atoms with Crippen LogP contribution in [0.4, 0.5) is 0 Å². The summed E-state index contributed by atoms with van der Waals surface area (Å²) < 4.78 is 32.2. The maximum absolute atomic E-state index is 12.4. The third kappa shape index (κ3) is 4.43. The van der Waals surface area contributed by atoms with Crippen LogP contribution in [-0.4, -0.2) is 58.1 Å². The third-order valence-electron chi connectivity index (χ3n) is 3.75. The van der Waals surface area contributed by atoms with Crippen LogP contribution in [0.1, 0.15) is 13.8 Å². The molecule has 23 heavy (non-hydrogen) atoms. The van der Waals surface area contributed by atoms with E-state index in [1.54, 1.807) is 24.0 Å². The summed E-state index contributed by atoms with van der Waals surface area (Å²) in [6.45, 7) is 5.43. The Bertz CT molecular complexity index is 645. The van der Waals surface area contributed by atoms with Gasteiger partial charge in [0.15, 0.2) is 0 Å². The zero-order chi connectivity index (χ0) is 17.0. The molecule has 1 aromatic rings. The minimum Gasteiger partial charge on any atom is -0.497 e. The number of amides is 1. The number of methoxy groups -OCH3 is 1. The van der Waals surface area contributed by atoms with Gasteiger partial charge in [-0.1, -0.05) is 0 Å². The molecule has 0 radical (unpaired) electrons. The molecule has 0 spiro atoms. The molecule has 0 aliphatic carbocycles. The van der Waals surface area contributed by atoms with Crippen LogP contribution in [0.25, 0.3) is 0 Å². The highest BCUT2D eigenvalue weighted by Gasteiger charge is 2.28. The molecule has 1 fully saturated rings. The van der Waals surface area contributed by atoms with E-state index in [-0.39, 0.29) is 16.8 Å². The molecule has 2 atom stereocenters. The molecular weight excluding hydrogens is 318 g/mol. The molecule has 0 unspecified atom stereocenters. The van der Waals surface area contributed by atoms with Gasteiger partial charge in [-0.05, 0) is 38.1 Å². The number of benzene rings is 1. The molecule has 2 rings (SSSR count). The first-order chi connectivity index (χ1) is 10.8. The van der Waals surface area contributed by atoms with Crippen molar-refractivity contribution in [2.75, 3.05) is 26.7 Å². The molecule has 1 saturated heterocycles. The van der Waals surface area contributed by atoms with Gasteiger partial charge in [0.2, 0.25) is 15.9 Å². The van der Waals surface area contributed by atoms with Crippen LogP contribution in [0, 0.1) is 0 Å². The number of nitrogens with zero attached hydrogens (tertiary/aromatic N) is 1. The minimum atomic E-state index is -3.75. The third-order valence-corrected chi connectivity index (χ3v) is 5.31. The molecule has 1 amide bonds. The second-order valence-corrected chi connectivity index (χ2v) is 7.37. The highest BCUT2D eigenvalue weighted by atomic mass is 32.2. The molecule has 1 aromatic carbocycles. The van der Waals surface area contributed by atoms with Crippen molar-refractivity contribution >= 4 is 15.9 Å². The van der Waals surface area contributed by atoms with E-state index in [2.05, 4.69) is 10.0 Å². The van der Waals surface area contributed by atoms with Crippen molar-refractivity contribution in [1.82, 2.24) is 14.9 Å². The van der Waals surface area contributed by atoms with Gasteiger partial charge in [-0.2, -0.15) is 4.72 Å². The summed E-state index contributed by atoms with van der Waals surface area (Å²) in [5.74, 6) is 0.360. The Labute approximate surface area is 137 Å². The molecule has 2 N–H and O–H groups in total. The lowest BCUT2D eigenvalue weighted by atomic mass is 10.2. The average molecular weight is 341 g/mol. The Kier molecular flexibility index (Phi) is 5.61. The van der Waals surface area contributed by atoms with E-state index in [9.17, 15) is 13.2 Å². The van der Waals surface area contributed by atoms with Crippen LogP contribution in [0.15, 0.2) is 29.2 Å². The summed E-state index contributed by atoms with van der Waals surface area (Å²) in [4.78, 5) is 14.2. The largest absolute Gasteiger partial charge is 0.497 e. The first kappa shape index (κ1) is 17.7. The fraction of sp³-hybridized carbons (Fsp3) is 0.533. The lowest BCUT2D eigenvalue weighted by Gasteiger charge is -2.33. The van der Waals surface area contributed by atoms with Crippen LogP contribution in [0.3, 0.4) is 0 Å². The second-order valence-electron chi connectivity index (χ2n) is 5.66. The number of hydrogen-bond acceptors (Lipinski definition) is 5. The molecule has 0 bridgehead atoms. The van der Waals surface area contributed by atoms with Crippen LogP contribution in [-0.2, 0) is 14.8 Å². The molecular formula is C15H23N3O4S. The van der Waals surface area contributed by atoms with Gasteiger partial charge < -0.3 is 15.0 Å². The average Bonchev–Trinajstić information content (AvgIpc) is 2.53. The summed E-state index contributed by atoms with van der Waals surface area (Å²) >= 11 is 0. The van der Waals surface area contributed by atoms with E-state index in [0.717, 1.165) is 0 Å². The van der Waals surface area contributed by atoms with Crippen LogP contribution >= 0.6 is 0 Å². The van der Waals surface area contributed by atoms with Crippen LogP contribution < -0.4 is 14.8 Å². The van der Waals surface area contributed by atoms with E-state index < -0.39 is 16.1 Å². The lowest BCUT2D eigenvalue weighted by Crippen LogP contribution is -2.55. The van der Waals surface area contributed by atoms with Gasteiger partial charge in [-0.25, -0.2) is 8.42 Å². The maximum Gasteiger partial charge on any atom is 0.241 e. The molecule has 1 aliphatic rings. The van der Waals surface area contributed by atoms with E-state index in [0.29, 0.717) is 25.4 Å². The fourth-order valence-electron chi connectivity index (χ4n) is 2.51. The Morgan fingerprint density at radius 2 is 2.04 bits per heavy atom. The Morgan fingerprint density at radius 1 is 1.39 bits per heavy atom. The van der Waals surface area contributed by atoms with Crippen molar-refractivity contribution in [3.63, 3.8) is 0 Å². The van der Waals surface area contributed by atoms with Gasteiger partial charge in [-0.15, -0.1) is 0 Å². The van der Waals surface area contributed by atoms with Gasteiger partial charge in [0, 0.05) is 25.7 Å². The van der Waals surface area contributed by atoms with Crippen molar-refractivity contribution in [3.05, 3.63) is 24.3 Å². The minimum absolute atomic E-state index is 0.103. The number of ether oxygens (including phenoxy) is 1. The smallest absolute Gasteiger partial charge is 0.241 e. The molecule has 1 aliphatic heterocycles. The molecule has 0 saturated carbocycles. The number of sulfonamides is 1. The highest BCUT2D eigenvalue weighted by molar-refractivity contribution is 7.89. The van der Waals surface area contributed by atoms with E-state index in [1.807, 2.05) is 6.92 Å². The molecule has 8 heteroatoms. The molecule has 7 nitrogen and oxygen atoms in total. The van der Waals surface area contributed by atoms with E-state index in [1.165, 1.54) is 19.2 Å². The number of piperazine rings is 1. The van der Waals surface area contributed by atoms with E-state index in [4.69, 9.17) is 4.74 Å². The number of carbonyl (C=O) groups is 1.